The van der Waals surface area contributed by atoms with E-state index in [9.17, 15) is 24.0 Å². The van der Waals surface area contributed by atoms with Crippen molar-refractivity contribution in [2.75, 3.05) is 71.5 Å². The van der Waals surface area contributed by atoms with Crippen LogP contribution in [0.2, 0.25) is 0 Å². The zero-order chi connectivity index (χ0) is 49.4. The van der Waals surface area contributed by atoms with Gasteiger partial charge in [0, 0.05) is 101 Å². The number of anilines is 1. The number of methoxy groups -OCH3 is 1. The second-order valence-corrected chi connectivity index (χ2v) is 18.9. The Hall–Kier alpha value is -5.32. The molecule has 4 atom stereocenters. The van der Waals surface area contributed by atoms with Crippen LogP contribution in [-0.2, 0) is 51.1 Å². The summed E-state index contributed by atoms with van der Waals surface area (Å²) in [4.78, 5) is 68.1. The SMILES string of the molecule is C=CC(=O)N1CCCC1.CC(NC(=O)C(C(C)C)N(C)C=O)C(=O)N1CCCCN1.CCn1c(-c2cccnc2C(C)OC)c(CC(C)(C)COC(C)=O)c2cc(N3CCOC(C)C3)ccc21. The minimum absolute atomic E-state index is 0.0318. The number of aryl methyl sites for hydroxylation is 1. The smallest absolute Gasteiger partial charge is 0.302 e. The first-order valence-corrected chi connectivity index (χ1v) is 23.9. The zero-order valence-electron chi connectivity index (χ0n) is 42.1. The molecule has 0 aliphatic carbocycles. The van der Waals surface area contributed by atoms with Crippen LogP contribution in [0.15, 0.2) is 49.2 Å². The van der Waals surface area contributed by atoms with Crippen molar-refractivity contribution in [3.63, 3.8) is 0 Å². The molecule has 1 aromatic carbocycles. The Morgan fingerprint density at radius 1 is 1.06 bits per heavy atom. The standard InChI is InChI=1S/C30H41N3O4.C14H26N4O3.C7H11NO/c1-8-33-27-12-11-23(32-14-15-36-20(2)18-32)16-25(27)26(17-30(5,6)19-37-22(4)34)29(33)24-10-9-13-31-28(24)21(3)35-7;1-10(2)12(17(4)9-19)13(20)16-11(3)14(21)18-8-6-5-7-15-18;1-2-7(9)8-5-3-4-6-8/h9-13,16,20-21H,8,14-15,17-19H2,1-7H3;9-12,15H,5-8H2,1-4H3,(H,16,20);2H,1,3-6H2. The number of benzene rings is 1. The molecule has 67 heavy (non-hydrogen) atoms. The number of carbonyl (C=O) groups excluding carboxylic acids is 5. The average Bonchev–Trinajstić information content (AvgIpc) is 3.97. The zero-order valence-corrected chi connectivity index (χ0v) is 42.1. The topological polar surface area (TPSA) is 168 Å². The van der Waals surface area contributed by atoms with Crippen molar-refractivity contribution < 1.29 is 38.2 Å². The Bertz CT molecular complexity index is 2130. The molecule has 4 amide bonds. The Balaban J connectivity index is 0.000000272. The van der Waals surface area contributed by atoms with Crippen LogP contribution < -0.4 is 15.6 Å². The number of morpholine rings is 1. The fraction of sp³-hybridized carbons (Fsp3) is 0.608. The molecule has 0 spiro atoms. The summed E-state index contributed by atoms with van der Waals surface area (Å²) in [5.74, 6) is -0.670. The molecular weight excluding hydrogens is 853 g/mol. The number of nitrogens with zero attached hydrogens (tertiary/aromatic N) is 6. The molecule has 6 rings (SSSR count). The highest BCUT2D eigenvalue weighted by molar-refractivity contribution is 5.95. The van der Waals surface area contributed by atoms with Crippen LogP contribution in [0, 0.1) is 11.3 Å². The fourth-order valence-electron chi connectivity index (χ4n) is 8.92. The number of esters is 1. The first kappa shape index (κ1) is 54.3. The molecular formula is C51H78N8O8. The second kappa shape index (κ2) is 25.7. The van der Waals surface area contributed by atoms with E-state index in [1.807, 2.05) is 37.9 Å². The Labute approximate surface area is 398 Å². The molecule has 0 radical (unpaired) electrons. The third-order valence-corrected chi connectivity index (χ3v) is 12.4. The largest absolute Gasteiger partial charge is 0.465 e. The number of rotatable bonds is 16. The molecule has 16 heteroatoms. The van der Waals surface area contributed by atoms with E-state index in [0.717, 1.165) is 94.9 Å². The highest BCUT2D eigenvalue weighted by Crippen LogP contribution is 2.41. The van der Waals surface area contributed by atoms with E-state index in [4.69, 9.17) is 19.2 Å². The summed E-state index contributed by atoms with van der Waals surface area (Å²) in [7, 11) is 3.28. The van der Waals surface area contributed by atoms with Crippen molar-refractivity contribution in [2.24, 2.45) is 11.3 Å². The molecule has 2 N–H and O–H groups in total. The lowest BCUT2D eigenvalue weighted by atomic mass is 9.84. The van der Waals surface area contributed by atoms with Crippen molar-refractivity contribution in [3.05, 3.63) is 60.4 Å². The normalized spacial score (nSPS) is 17.6. The predicted octanol–water partition coefficient (Wildman–Crippen LogP) is 6.31. The Morgan fingerprint density at radius 3 is 2.34 bits per heavy atom. The minimum Gasteiger partial charge on any atom is -0.465 e. The number of fused-ring (bicyclic) bond motifs is 1. The summed E-state index contributed by atoms with van der Waals surface area (Å²) >= 11 is 0. The summed E-state index contributed by atoms with van der Waals surface area (Å²) in [6.07, 6.45) is 8.95. The van der Waals surface area contributed by atoms with Gasteiger partial charge in [-0.25, -0.2) is 5.43 Å². The molecule has 4 unspecified atom stereocenters. The van der Waals surface area contributed by atoms with Gasteiger partial charge in [-0.2, -0.15) is 0 Å². The first-order valence-electron chi connectivity index (χ1n) is 23.9. The van der Waals surface area contributed by atoms with E-state index < -0.39 is 12.1 Å². The number of amides is 4. The van der Waals surface area contributed by atoms with Crippen molar-refractivity contribution in [1.82, 2.24) is 35.1 Å². The van der Waals surface area contributed by atoms with E-state index in [2.05, 4.69) is 78.7 Å². The molecule has 3 aliphatic rings. The van der Waals surface area contributed by atoms with Crippen LogP contribution in [0.5, 0.6) is 0 Å². The van der Waals surface area contributed by atoms with Gasteiger partial charge in [0.2, 0.25) is 18.2 Å². The van der Waals surface area contributed by atoms with Crippen LogP contribution in [0.1, 0.15) is 105 Å². The number of nitrogens with one attached hydrogen (secondary N) is 2. The van der Waals surface area contributed by atoms with Gasteiger partial charge in [0.25, 0.3) is 5.91 Å². The third kappa shape index (κ3) is 14.8. The number of hydrazine groups is 1. The van der Waals surface area contributed by atoms with Gasteiger partial charge in [0.05, 0.1) is 36.8 Å². The molecule has 370 valence electrons. The number of ether oxygens (including phenoxy) is 3. The maximum absolute atomic E-state index is 12.3. The maximum Gasteiger partial charge on any atom is 0.302 e. The second-order valence-electron chi connectivity index (χ2n) is 18.9. The number of hydrogen-bond donors (Lipinski definition) is 2. The van der Waals surface area contributed by atoms with Crippen LogP contribution in [0.3, 0.4) is 0 Å². The van der Waals surface area contributed by atoms with E-state index in [-0.39, 0.29) is 47.2 Å². The molecule has 0 bridgehead atoms. The molecule has 3 aliphatic heterocycles. The summed E-state index contributed by atoms with van der Waals surface area (Å²) in [6, 6.07) is 9.74. The van der Waals surface area contributed by atoms with Crippen molar-refractivity contribution >= 4 is 46.7 Å². The highest BCUT2D eigenvalue weighted by Gasteiger charge is 2.32. The number of carbonyl (C=O) groups is 5. The lowest BCUT2D eigenvalue weighted by molar-refractivity contribution is -0.144. The maximum atomic E-state index is 12.3. The number of hydrogen-bond acceptors (Lipinski definition) is 11. The van der Waals surface area contributed by atoms with E-state index in [0.29, 0.717) is 19.6 Å². The lowest BCUT2D eigenvalue weighted by Crippen LogP contribution is -2.57. The van der Waals surface area contributed by atoms with Crippen molar-refractivity contribution in [2.45, 2.75) is 125 Å². The summed E-state index contributed by atoms with van der Waals surface area (Å²) < 4.78 is 19.4. The molecule has 2 aromatic heterocycles. The monoisotopic (exact) mass is 931 g/mol. The minimum atomic E-state index is -0.621. The van der Waals surface area contributed by atoms with Gasteiger partial charge in [0.15, 0.2) is 0 Å². The molecule has 3 saturated heterocycles. The van der Waals surface area contributed by atoms with Gasteiger partial charge in [-0.3, -0.25) is 34.0 Å². The number of likely N-dealkylation sites (N-methyl/N-ethyl adjacent to an activating group) is 1. The van der Waals surface area contributed by atoms with E-state index in [1.54, 1.807) is 26.1 Å². The summed E-state index contributed by atoms with van der Waals surface area (Å²) in [5, 5.41) is 5.49. The van der Waals surface area contributed by atoms with Gasteiger partial charge in [-0.05, 0) is 108 Å². The third-order valence-electron chi connectivity index (χ3n) is 12.4. The quantitative estimate of drug-likeness (QED) is 0.0939. The first-order chi connectivity index (χ1) is 31.9. The Morgan fingerprint density at radius 2 is 1.76 bits per heavy atom. The number of aromatic nitrogens is 2. The lowest BCUT2D eigenvalue weighted by Gasteiger charge is -2.33. The van der Waals surface area contributed by atoms with Crippen molar-refractivity contribution in [3.8, 4) is 11.3 Å². The average molecular weight is 931 g/mol. The molecule has 0 saturated carbocycles. The molecule has 16 nitrogen and oxygen atoms in total. The molecule has 5 heterocycles. The van der Waals surface area contributed by atoms with Crippen molar-refractivity contribution in [1.29, 1.82) is 0 Å². The summed E-state index contributed by atoms with van der Waals surface area (Å²) in [5.41, 5.74) is 9.57. The Kier molecular flexibility index (Phi) is 20.8. The molecule has 3 fully saturated rings. The highest BCUT2D eigenvalue weighted by atomic mass is 16.5. The predicted molar refractivity (Wildman–Crippen MR) is 263 cm³/mol. The van der Waals surface area contributed by atoms with E-state index >= 15 is 0 Å². The van der Waals surface area contributed by atoms with Crippen LogP contribution in [-0.4, -0.2) is 139 Å². The van der Waals surface area contributed by atoms with Gasteiger partial charge >= 0.3 is 5.97 Å². The summed E-state index contributed by atoms with van der Waals surface area (Å²) in [6.45, 7) is 27.9. The van der Waals surface area contributed by atoms with Gasteiger partial charge < -0.3 is 38.8 Å². The van der Waals surface area contributed by atoms with Crippen LogP contribution in [0.4, 0.5) is 5.69 Å². The number of pyridine rings is 1. The van der Waals surface area contributed by atoms with Gasteiger partial charge in [0.1, 0.15) is 12.1 Å². The van der Waals surface area contributed by atoms with Gasteiger partial charge in [-0.1, -0.05) is 34.3 Å². The van der Waals surface area contributed by atoms with Crippen LogP contribution in [0.25, 0.3) is 22.2 Å². The number of likely N-dealkylation sites (tertiary alicyclic amines) is 1. The van der Waals surface area contributed by atoms with E-state index in [1.165, 1.54) is 40.1 Å². The van der Waals surface area contributed by atoms with Crippen LogP contribution >= 0.6 is 0 Å². The molecule has 3 aromatic rings. The van der Waals surface area contributed by atoms with Gasteiger partial charge in [-0.15, -0.1) is 0 Å². The fourth-order valence-corrected chi connectivity index (χ4v) is 8.92.